The van der Waals surface area contributed by atoms with E-state index in [0.717, 1.165) is 0 Å². The van der Waals surface area contributed by atoms with Crippen molar-refractivity contribution < 1.29 is 32.2 Å². The maximum absolute atomic E-state index is 13.1. The molecule has 0 saturated carbocycles. The summed E-state index contributed by atoms with van der Waals surface area (Å²) in [5.41, 5.74) is 1.49. The summed E-state index contributed by atoms with van der Waals surface area (Å²) >= 11 is 0. The molecule has 0 aliphatic carbocycles. The van der Waals surface area contributed by atoms with Crippen LogP contribution >= 0.6 is 0 Å². The van der Waals surface area contributed by atoms with E-state index in [2.05, 4.69) is 10.1 Å². The summed E-state index contributed by atoms with van der Waals surface area (Å²) in [6, 6.07) is 17.2. The molecule has 0 aliphatic rings. The molecule has 0 spiro atoms. The number of aromatic nitrogens is 1. The molecule has 0 saturated heterocycles. The number of halogens is 3. The maximum Gasteiger partial charge on any atom is 0.573 e. The second-order valence-corrected chi connectivity index (χ2v) is 8.15. The Morgan fingerprint density at radius 3 is 2.16 bits per heavy atom. The summed E-state index contributed by atoms with van der Waals surface area (Å²) in [7, 11) is 3.05. The summed E-state index contributed by atoms with van der Waals surface area (Å²) in [5.74, 6) is 0.508. The molecule has 1 aromatic heterocycles. The molecule has 1 heterocycles. The number of carbonyl (C=O) groups is 1. The number of rotatable bonds is 8. The number of benzene rings is 3. The maximum atomic E-state index is 13.1. The van der Waals surface area contributed by atoms with E-state index < -0.39 is 6.36 Å². The lowest BCUT2D eigenvalue weighted by Crippen LogP contribution is -2.21. The molecule has 192 valence electrons. The summed E-state index contributed by atoms with van der Waals surface area (Å²) < 4.78 is 52.9. The fraction of sp³-hybridized carbons (Fsp3) is 0.185. The topological polar surface area (TPSA) is 78.8 Å². The molecular formula is C27H23F3N2O5. The minimum absolute atomic E-state index is 0.0645. The van der Waals surface area contributed by atoms with Crippen LogP contribution in [0.15, 0.2) is 77.7 Å². The molecule has 37 heavy (non-hydrogen) atoms. The Balaban J connectivity index is 1.52. The number of amides is 1. The number of alkyl halides is 3. The van der Waals surface area contributed by atoms with Gasteiger partial charge in [0.15, 0.2) is 0 Å². The number of anilines is 1. The van der Waals surface area contributed by atoms with Crippen LogP contribution in [0.5, 0.6) is 17.2 Å². The summed E-state index contributed by atoms with van der Waals surface area (Å²) in [6.07, 6.45) is -3.13. The summed E-state index contributed by atoms with van der Waals surface area (Å²) in [6.45, 7) is 0.148. The average molecular weight is 512 g/mol. The van der Waals surface area contributed by atoms with E-state index in [0.29, 0.717) is 39.1 Å². The first-order valence-electron chi connectivity index (χ1n) is 11.1. The number of nitrogens with zero attached hydrogens (tertiary/aromatic N) is 1. The highest BCUT2D eigenvalue weighted by molar-refractivity contribution is 6.02. The zero-order chi connectivity index (χ0) is 26.6. The highest BCUT2D eigenvalue weighted by Crippen LogP contribution is 2.25. The lowest BCUT2D eigenvalue weighted by molar-refractivity contribution is -0.274. The van der Waals surface area contributed by atoms with E-state index in [-0.39, 0.29) is 30.2 Å². The highest BCUT2D eigenvalue weighted by Gasteiger charge is 2.30. The number of hydrogen-bond acceptors (Lipinski definition) is 5. The predicted molar refractivity (Wildman–Crippen MR) is 132 cm³/mol. The first-order valence-corrected chi connectivity index (χ1v) is 11.1. The average Bonchev–Trinajstić information content (AvgIpc) is 2.86. The molecule has 0 radical (unpaired) electrons. The van der Waals surface area contributed by atoms with E-state index in [1.807, 2.05) is 0 Å². The van der Waals surface area contributed by atoms with Crippen LogP contribution in [0.25, 0.3) is 10.8 Å². The fourth-order valence-electron chi connectivity index (χ4n) is 3.89. The van der Waals surface area contributed by atoms with Gasteiger partial charge in [-0.3, -0.25) is 9.59 Å². The largest absolute Gasteiger partial charge is 0.573 e. The molecule has 0 aliphatic heterocycles. The molecular weight excluding hydrogens is 489 g/mol. The highest BCUT2D eigenvalue weighted by atomic mass is 19.4. The van der Waals surface area contributed by atoms with Crippen LogP contribution in [0, 0.1) is 0 Å². The Morgan fingerprint density at radius 1 is 0.865 bits per heavy atom. The molecule has 10 heteroatoms. The van der Waals surface area contributed by atoms with Crippen LogP contribution in [-0.4, -0.2) is 31.1 Å². The van der Waals surface area contributed by atoms with Crippen molar-refractivity contribution in [2.75, 3.05) is 19.5 Å². The lowest BCUT2D eigenvalue weighted by Gasteiger charge is -2.13. The lowest BCUT2D eigenvalue weighted by atomic mass is 10.1. The Labute approximate surface area is 210 Å². The van der Waals surface area contributed by atoms with Crippen LogP contribution in [0.2, 0.25) is 0 Å². The van der Waals surface area contributed by atoms with E-state index in [1.165, 1.54) is 43.1 Å². The quantitative estimate of drug-likeness (QED) is 0.354. The standard InChI is InChI=1S/C27H23F3N2O5/c1-35-20-12-18(13-21(15-20)36-2)14-25(33)31-24-5-3-4-23-22(24)10-11-32(26(23)34)16-17-6-8-19(9-7-17)37-27(28,29)30/h3-13,15H,14,16H2,1-2H3,(H,31,33). The van der Waals surface area contributed by atoms with E-state index in [9.17, 15) is 22.8 Å². The van der Waals surface area contributed by atoms with Gasteiger partial charge in [-0.25, -0.2) is 0 Å². The molecule has 4 aromatic rings. The number of hydrogen-bond donors (Lipinski definition) is 1. The Morgan fingerprint density at radius 2 is 1.54 bits per heavy atom. The van der Waals surface area contributed by atoms with Gasteiger partial charge in [-0.05, 0) is 53.6 Å². The van der Waals surface area contributed by atoms with Crippen molar-refractivity contribution in [3.05, 3.63) is 94.4 Å². The zero-order valence-electron chi connectivity index (χ0n) is 20.0. The second-order valence-electron chi connectivity index (χ2n) is 8.15. The van der Waals surface area contributed by atoms with Crippen molar-refractivity contribution in [3.63, 3.8) is 0 Å². The first-order chi connectivity index (χ1) is 17.6. The molecule has 1 amide bonds. The minimum Gasteiger partial charge on any atom is -0.497 e. The number of ether oxygens (including phenoxy) is 3. The van der Waals surface area contributed by atoms with E-state index in [4.69, 9.17) is 9.47 Å². The van der Waals surface area contributed by atoms with Crippen LogP contribution in [0.4, 0.5) is 18.9 Å². The Kier molecular flexibility index (Phi) is 7.37. The first kappa shape index (κ1) is 25.6. The predicted octanol–water partition coefficient (Wildman–Crippen LogP) is 5.15. The van der Waals surface area contributed by atoms with Crippen molar-refractivity contribution in [2.45, 2.75) is 19.3 Å². The third-order valence-corrected chi connectivity index (χ3v) is 5.58. The summed E-state index contributed by atoms with van der Waals surface area (Å²) in [4.78, 5) is 25.9. The second kappa shape index (κ2) is 10.7. The van der Waals surface area contributed by atoms with Crippen molar-refractivity contribution in [1.29, 1.82) is 0 Å². The van der Waals surface area contributed by atoms with Gasteiger partial charge in [0.1, 0.15) is 17.2 Å². The van der Waals surface area contributed by atoms with E-state index in [1.54, 1.807) is 48.7 Å². The zero-order valence-corrected chi connectivity index (χ0v) is 20.0. The number of pyridine rings is 1. The fourth-order valence-corrected chi connectivity index (χ4v) is 3.89. The van der Waals surface area contributed by atoms with E-state index >= 15 is 0 Å². The monoisotopic (exact) mass is 512 g/mol. The molecule has 0 unspecified atom stereocenters. The molecule has 1 N–H and O–H groups in total. The van der Waals surface area contributed by atoms with Gasteiger partial charge in [-0.15, -0.1) is 13.2 Å². The molecule has 0 fully saturated rings. The third kappa shape index (κ3) is 6.40. The van der Waals surface area contributed by atoms with Crippen molar-refractivity contribution in [1.82, 2.24) is 4.57 Å². The van der Waals surface area contributed by atoms with Crippen LogP contribution < -0.4 is 25.1 Å². The normalized spacial score (nSPS) is 11.3. The van der Waals surface area contributed by atoms with Gasteiger partial charge >= 0.3 is 6.36 Å². The molecule has 0 atom stereocenters. The molecule has 4 rings (SSSR count). The molecule has 7 nitrogen and oxygen atoms in total. The van der Waals surface area contributed by atoms with Crippen molar-refractivity contribution in [3.8, 4) is 17.2 Å². The van der Waals surface area contributed by atoms with Gasteiger partial charge in [-0.1, -0.05) is 18.2 Å². The smallest absolute Gasteiger partial charge is 0.497 e. The van der Waals surface area contributed by atoms with Gasteiger partial charge in [0.25, 0.3) is 5.56 Å². The molecule has 3 aromatic carbocycles. The van der Waals surface area contributed by atoms with Crippen molar-refractivity contribution in [2.24, 2.45) is 0 Å². The Bertz CT molecular complexity index is 1460. The van der Waals surface area contributed by atoms with Gasteiger partial charge in [0, 0.05) is 28.7 Å². The third-order valence-electron chi connectivity index (χ3n) is 5.58. The van der Waals surface area contributed by atoms with Crippen LogP contribution in [-0.2, 0) is 17.8 Å². The summed E-state index contributed by atoms with van der Waals surface area (Å²) in [5, 5.41) is 3.81. The van der Waals surface area contributed by atoms with Crippen LogP contribution in [0.3, 0.4) is 0 Å². The van der Waals surface area contributed by atoms with Gasteiger partial charge in [-0.2, -0.15) is 0 Å². The van der Waals surface area contributed by atoms with Gasteiger partial charge in [0.05, 0.1) is 27.2 Å². The number of methoxy groups -OCH3 is 2. The Hall–Kier alpha value is -4.47. The van der Waals surface area contributed by atoms with Crippen molar-refractivity contribution >= 4 is 22.4 Å². The van der Waals surface area contributed by atoms with Gasteiger partial charge < -0.3 is 24.1 Å². The molecule has 0 bridgehead atoms. The minimum atomic E-state index is -4.77. The van der Waals surface area contributed by atoms with Gasteiger partial charge in [0.2, 0.25) is 5.91 Å². The number of nitrogens with one attached hydrogen (secondary N) is 1. The number of carbonyl (C=O) groups excluding carboxylic acids is 1. The SMILES string of the molecule is COc1cc(CC(=O)Nc2cccc3c(=O)n(Cc4ccc(OC(F)(F)F)cc4)ccc23)cc(OC)c1. The van der Waals surface area contributed by atoms with Crippen LogP contribution in [0.1, 0.15) is 11.1 Å². The number of fused-ring (bicyclic) bond motifs is 1.